The summed E-state index contributed by atoms with van der Waals surface area (Å²) in [5, 5.41) is 6.27. The zero-order valence-corrected chi connectivity index (χ0v) is 12.9. The highest BCUT2D eigenvalue weighted by Gasteiger charge is 2.15. The van der Waals surface area contributed by atoms with Gasteiger partial charge in [-0.25, -0.2) is 0 Å². The van der Waals surface area contributed by atoms with Gasteiger partial charge in [0.1, 0.15) is 6.04 Å². The number of hydrogen-bond acceptors (Lipinski definition) is 3. The summed E-state index contributed by atoms with van der Waals surface area (Å²) in [4.78, 5) is 12.1. The van der Waals surface area contributed by atoms with Crippen molar-refractivity contribution < 1.29 is 9.53 Å². The van der Waals surface area contributed by atoms with Crippen LogP contribution in [0.3, 0.4) is 0 Å². The highest BCUT2D eigenvalue weighted by Crippen LogP contribution is 2.16. The number of benzene rings is 1. The molecule has 4 nitrogen and oxygen atoms in total. The van der Waals surface area contributed by atoms with E-state index in [9.17, 15) is 4.79 Å². The van der Waals surface area contributed by atoms with Gasteiger partial charge in [0.15, 0.2) is 0 Å². The third-order valence-corrected chi connectivity index (χ3v) is 3.19. The second-order valence-corrected chi connectivity index (χ2v) is 5.15. The molecule has 2 N–H and O–H groups in total. The summed E-state index contributed by atoms with van der Waals surface area (Å²) in [6, 6.07) is 7.82. The van der Waals surface area contributed by atoms with Crippen LogP contribution in [0.1, 0.15) is 39.2 Å². The van der Waals surface area contributed by atoms with E-state index in [1.54, 1.807) is 7.11 Å². The van der Waals surface area contributed by atoms with Crippen LogP contribution in [0.15, 0.2) is 24.3 Å². The lowest BCUT2D eigenvalue weighted by Crippen LogP contribution is -2.42. The molecule has 0 aliphatic rings. The Morgan fingerprint density at radius 2 is 2.00 bits per heavy atom. The minimum absolute atomic E-state index is 0.0261. The molecule has 0 heterocycles. The first-order chi connectivity index (χ1) is 9.58. The summed E-state index contributed by atoms with van der Waals surface area (Å²) in [5.41, 5.74) is 2.00. The zero-order valence-electron chi connectivity index (χ0n) is 12.9. The molecule has 1 rings (SSSR count). The summed E-state index contributed by atoms with van der Waals surface area (Å²) in [6.45, 7) is 6.56. The number of anilines is 1. The molecule has 1 aromatic carbocycles. The average Bonchev–Trinajstić information content (AvgIpc) is 2.41. The first kappa shape index (κ1) is 16.5. The van der Waals surface area contributed by atoms with E-state index in [0.29, 0.717) is 6.61 Å². The van der Waals surface area contributed by atoms with Crippen LogP contribution in [0, 0.1) is 0 Å². The minimum atomic E-state index is -0.271. The van der Waals surface area contributed by atoms with Gasteiger partial charge in [0, 0.05) is 24.4 Å². The van der Waals surface area contributed by atoms with Gasteiger partial charge in [-0.3, -0.25) is 4.79 Å². The average molecular weight is 278 g/mol. The van der Waals surface area contributed by atoms with Crippen LogP contribution in [-0.2, 0) is 16.1 Å². The van der Waals surface area contributed by atoms with Crippen LogP contribution >= 0.6 is 0 Å². The summed E-state index contributed by atoms with van der Waals surface area (Å²) >= 11 is 0. The second kappa shape index (κ2) is 8.59. The van der Waals surface area contributed by atoms with Crippen molar-refractivity contribution >= 4 is 11.6 Å². The monoisotopic (exact) mass is 278 g/mol. The molecular formula is C16H26N2O2. The third kappa shape index (κ3) is 5.21. The van der Waals surface area contributed by atoms with Crippen molar-refractivity contribution in [3.05, 3.63) is 29.8 Å². The van der Waals surface area contributed by atoms with Gasteiger partial charge in [-0.2, -0.15) is 0 Å². The molecular weight excluding hydrogens is 252 g/mol. The fourth-order valence-corrected chi connectivity index (χ4v) is 2.11. The summed E-state index contributed by atoms with van der Waals surface area (Å²) in [5.74, 6) is 0.0261. The van der Waals surface area contributed by atoms with Crippen molar-refractivity contribution in [2.45, 2.75) is 52.3 Å². The van der Waals surface area contributed by atoms with Crippen molar-refractivity contribution in [1.82, 2.24) is 5.32 Å². The summed E-state index contributed by atoms with van der Waals surface area (Å²) < 4.78 is 5.17. The maximum atomic E-state index is 12.1. The molecule has 0 saturated heterocycles. The van der Waals surface area contributed by atoms with Gasteiger partial charge in [-0.15, -0.1) is 0 Å². The number of carbonyl (C=O) groups excluding carboxylic acids is 1. The van der Waals surface area contributed by atoms with Gasteiger partial charge in [0.2, 0.25) is 5.91 Å². The third-order valence-electron chi connectivity index (χ3n) is 3.19. The Bertz CT molecular complexity index is 421. The molecule has 1 amide bonds. The first-order valence-corrected chi connectivity index (χ1v) is 7.22. The van der Waals surface area contributed by atoms with Crippen molar-refractivity contribution in [3.63, 3.8) is 0 Å². The number of para-hydroxylation sites is 1. The van der Waals surface area contributed by atoms with Crippen LogP contribution in [-0.4, -0.2) is 25.1 Å². The van der Waals surface area contributed by atoms with Gasteiger partial charge in [-0.05, 0) is 26.3 Å². The second-order valence-electron chi connectivity index (χ2n) is 5.15. The van der Waals surface area contributed by atoms with E-state index in [1.807, 2.05) is 38.1 Å². The molecule has 0 radical (unpaired) electrons. The fraction of sp³-hybridized carbons (Fsp3) is 0.562. The lowest BCUT2D eigenvalue weighted by atomic mass is 10.1. The van der Waals surface area contributed by atoms with E-state index in [2.05, 4.69) is 17.6 Å². The number of rotatable bonds is 8. The lowest BCUT2D eigenvalue weighted by Gasteiger charge is -2.20. The van der Waals surface area contributed by atoms with E-state index in [1.165, 1.54) is 0 Å². The van der Waals surface area contributed by atoms with Crippen LogP contribution in [0.5, 0.6) is 0 Å². The van der Waals surface area contributed by atoms with Gasteiger partial charge in [0.25, 0.3) is 0 Å². The Kier molecular flexibility index (Phi) is 7.09. The molecule has 0 bridgehead atoms. The molecule has 20 heavy (non-hydrogen) atoms. The predicted octanol–water partition coefficient (Wildman–Crippen LogP) is 2.94. The maximum absolute atomic E-state index is 12.1. The number of nitrogens with one attached hydrogen (secondary N) is 2. The van der Waals surface area contributed by atoms with E-state index < -0.39 is 0 Å². The predicted molar refractivity (Wildman–Crippen MR) is 82.8 cm³/mol. The molecule has 0 aliphatic carbocycles. The van der Waals surface area contributed by atoms with Crippen molar-refractivity contribution in [3.8, 4) is 0 Å². The summed E-state index contributed by atoms with van der Waals surface area (Å²) in [7, 11) is 1.67. The highest BCUT2D eigenvalue weighted by molar-refractivity contribution is 5.84. The Labute approximate surface area is 121 Å². The molecule has 0 aliphatic heterocycles. The van der Waals surface area contributed by atoms with E-state index >= 15 is 0 Å². The standard InChI is InChI=1S/C16H26N2O2/c1-5-8-12(2)17-16(19)13(3)18-15-10-7-6-9-14(15)11-20-4/h6-7,9-10,12-13,18H,5,8,11H2,1-4H3,(H,17,19). The van der Waals surface area contributed by atoms with E-state index in [0.717, 1.165) is 24.1 Å². The first-order valence-electron chi connectivity index (χ1n) is 7.22. The molecule has 2 unspecified atom stereocenters. The topological polar surface area (TPSA) is 50.4 Å². The van der Waals surface area contributed by atoms with Crippen molar-refractivity contribution in [1.29, 1.82) is 0 Å². The highest BCUT2D eigenvalue weighted by atomic mass is 16.5. The molecule has 0 saturated carbocycles. The van der Waals surface area contributed by atoms with E-state index in [-0.39, 0.29) is 18.0 Å². The summed E-state index contributed by atoms with van der Waals surface area (Å²) in [6.07, 6.45) is 2.07. The molecule has 4 heteroatoms. The molecule has 112 valence electrons. The largest absolute Gasteiger partial charge is 0.380 e. The van der Waals surface area contributed by atoms with Crippen LogP contribution in [0.2, 0.25) is 0 Å². The number of carbonyl (C=O) groups is 1. The van der Waals surface area contributed by atoms with Crippen LogP contribution < -0.4 is 10.6 Å². The smallest absolute Gasteiger partial charge is 0.242 e. The Hall–Kier alpha value is -1.55. The van der Waals surface area contributed by atoms with Gasteiger partial charge >= 0.3 is 0 Å². The number of hydrogen-bond donors (Lipinski definition) is 2. The number of methoxy groups -OCH3 is 1. The molecule has 0 spiro atoms. The lowest BCUT2D eigenvalue weighted by molar-refractivity contribution is -0.122. The van der Waals surface area contributed by atoms with Gasteiger partial charge < -0.3 is 15.4 Å². The number of amides is 1. The SMILES string of the molecule is CCCC(C)NC(=O)C(C)Nc1ccccc1COC. The zero-order chi connectivity index (χ0) is 15.0. The van der Waals surface area contributed by atoms with E-state index in [4.69, 9.17) is 4.74 Å². The molecule has 2 atom stereocenters. The van der Waals surface area contributed by atoms with Crippen molar-refractivity contribution in [2.75, 3.05) is 12.4 Å². The van der Waals surface area contributed by atoms with Gasteiger partial charge in [0.05, 0.1) is 6.61 Å². The maximum Gasteiger partial charge on any atom is 0.242 e. The Balaban J connectivity index is 2.61. The quantitative estimate of drug-likeness (QED) is 0.768. The normalized spacial score (nSPS) is 13.6. The van der Waals surface area contributed by atoms with Gasteiger partial charge in [-0.1, -0.05) is 31.5 Å². The molecule has 0 aromatic heterocycles. The molecule has 1 aromatic rings. The minimum Gasteiger partial charge on any atom is -0.380 e. The molecule has 0 fully saturated rings. The van der Waals surface area contributed by atoms with Crippen molar-refractivity contribution in [2.24, 2.45) is 0 Å². The fourth-order valence-electron chi connectivity index (χ4n) is 2.11. The Morgan fingerprint density at radius 1 is 1.30 bits per heavy atom. The van der Waals surface area contributed by atoms with Crippen LogP contribution in [0.25, 0.3) is 0 Å². The van der Waals surface area contributed by atoms with Crippen LogP contribution in [0.4, 0.5) is 5.69 Å². The number of ether oxygens (including phenoxy) is 1. The Morgan fingerprint density at radius 3 is 2.65 bits per heavy atom.